The van der Waals surface area contributed by atoms with Crippen LogP contribution in [0.1, 0.15) is 18.9 Å². The van der Waals surface area contributed by atoms with Crippen molar-refractivity contribution in [1.29, 1.82) is 0 Å². The van der Waals surface area contributed by atoms with Crippen molar-refractivity contribution in [2.75, 3.05) is 11.9 Å². The van der Waals surface area contributed by atoms with E-state index in [0.29, 0.717) is 24.2 Å². The summed E-state index contributed by atoms with van der Waals surface area (Å²) in [6.45, 7) is 2.14. The van der Waals surface area contributed by atoms with Gasteiger partial charge < -0.3 is 10.6 Å². The van der Waals surface area contributed by atoms with Crippen LogP contribution >= 0.6 is 0 Å². The Morgan fingerprint density at radius 2 is 2.30 bits per heavy atom. The molecule has 1 fully saturated rings. The molecule has 1 aliphatic rings. The summed E-state index contributed by atoms with van der Waals surface area (Å²) in [7, 11) is 0. The topological polar surface area (TPSA) is 101 Å². The van der Waals surface area contributed by atoms with E-state index in [9.17, 15) is 19.7 Å². The number of hydrogen-bond donors (Lipinski definition) is 2. The Labute approximate surface area is 115 Å². The molecule has 2 N–H and O–H groups in total. The average molecular weight is 277 g/mol. The van der Waals surface area contributed by atoms with Crippen LogP contribution in [0.3, 0.4) is 0 Å². The number of nitro groups is 1. The molecule has 1 heterocycles. The van der Waals surface area contributed by atoms with E-state index < -0.39 is 10.8 Å². The number of hydrogen-bond acceptors (Lipinski definition) is 4. The van der Waals surface area contributed by atoms with E-state index in [0.717, 1.165) is 0 Å². The molecule has 1 aliphatic heterocycles. The molecule has 0 radical (unpaired) electrons. The van der Waals surface area contributed by atoms with Gasteiger partial charge >= 0.3 is 0 Å². The summed E-state index contributed by atoms with van der Waals surface area (Å²) in [5.74, 6) is -0.883. The molecule has 0 aliphatic carbocycles. The summed E-state index contributed by atoms with van der Waals surface area (Å²) in [5.41, 5.74) is 0.981. The molecule has 106 valence electrons. The number of nitrogens with zero attached hydrogens (tertiary/aromatic N) is 1. The predicted molar refractivity (Wildman–Crippen MR) is 72.2 cm³/mol. The number of nitrogens with one attached hydrogen (secondary N) is 2. The van der Waals surface area contributed by atoms with Crippen LogP contribution < -0.4 is 10.6 Å². The second-order valence-electron chi connectivity index (χ2n) is 4.65. The maximum absolute atomic E-state index is 11.9. The molecule has 0 bridgehead atoms. The Morgan fingerprint density at radius 1 is 1.55 bits per heavy atom. The van der Waals surface area contributed by atoms with Crippen molar-refractivity contribution in [2.24, 2.45) is 5.92 Å². The van der Waals surface area contributed by atoms with Crippen molar-refractivity contribution < 1.29 is 14.5 Å². The average Bonchev–Trinajstić information content (AvgIpc) is 2.85. The maximum Gasteiger partial charge on any atom is 0.274 e. The quantitative estimate of drug-likeness (QED) is 0.638. The molecule has 7 heteroatoms. The summed E-state index contributed by atoms with van der Waals surface area (Å²) in [5, 5.41) is 16.1. The van der Waals surface area contributed by atoms with E-state index in [2.05, 4.69) is 10.6 Å². The highest BCUT2D eigenvalue weighted by molar-refractivity contribution is 5.97. The summed E-state index contributed by atoms with van der Waals surface area (Å²) in [6, 6.07) is 4.61. The predicted octanol–water partition coefficient (Wildman–Crippen LogP) is 1.23. The molecular weight excluding hydrogens is 262 g/mol. The minimum atomic E-state index is -0.463. The van der Waals surface area contributed by atoms with Crippen molar-refractivity contribution in [3.05, 3.63) is 33.9 Å². The summed E-state index contributed by atoms with van der Waals surface area (Å²) >= 11 is 0. The minimum absolute atomic E-state index is 0.00840. The Morgan fingerprint density at radius 3 is 2.85 bits per heavy atom. The lowest BCUT2D eigenvalue weighted by atomic mass is 10.1. The third-order valence-electron chi connectivity index (χ3n) is 3.28. The molecule has 0 aromatic heterocycles. The lowest BCUT2D eigenvalue weighted by molar-refractivity contribution is -0.385. The summed E-state index contributed by atoms with van der Waals surface area (Å²) in [4.78, 5) is 33.5. The Kier molecular flexibility index (Phi) is 3.97. The first-order chi connectivity index (χ1) is 9.51. The molecule has 1 unspecified atom stereocenters. The van der Waals surface area contributed by atoms with Gasteiger partial charge in [0.2, 0.25) is 11.8 Å². The van der Waals surface area contributed by atoms with Gasteiger partial charge in [-0.25, -0.2) is 0 Å². The molecule has 0 spiro atoms. The van der Waals surface area contributed by atoms with E-state index in [1.807, 2.05) is 6.92 Å². The summed E-state index contributed by atoms with van der Waals surface area (Å²) in [6.07, 6.45) is 0.701. The van der Waals surface area contributed by atoms with Crippen LogP contribution in [0.25, 0.3) is 0 Å². The van der Waals surface area contributed by atoms with E-state index >= 15 is 0 Å². The normalized spacial score (nSPS) is 17.6. The monoisotopic (exact) mass is 277 g/mol. The highest BCUT2D eigenvalue weighted by Crippen LogP contribution is 2.24. The van der Waals surface area contributed by atoms with Crippen LogP contribution in [0.15, 0.2) is 18.2 Å². The van der Waals surface area contributed by atoms with Gasteiger partial charge in [-0.05, 0) is 12.5 Å². The second kappa shape index (κ2) is 5.68. The summed E-state index contributed by atoms with van der Waals surface area (Å²) < 4.78 is 0. The maximum atomic E-state index is 11.9. The molecule has 20 heavy (non-hydrogen) atoms. The standard InChI is InChI=1S/C13H15N3O4/c1-2-8-3-4-10(6-11(8)16(19)20)15-13(18)9-5-12(17)14-7-9/h3-4,6,9H,2,5,7H2,1H3,(H,14,17)(H,15,18). The van der Waals surface area contributed by atoms with Gasteiger partial charge in [0.25, 0.3) is 5.69 Å². The van der Waals surface area contributed by atoms with E-state index in [-0.39, 0.29) is 23.9 Å². The fourth-order valence-corrected chi connectivity index (χ4v) is 2.15. The van der Waals surface area contributed by atoms with Crippen molar-refractivity contribution in [1.82, 2.24) is 5.32 Å². The Bertz CT molecular complexity index is 571. The highest BCUT2D eigenvalue weighted by Gasteiger charge is 2.28. The molecule has 1 aromatic carbocycles. The second-order valence-corrected chi connectivity index (χ2v) is 4.65. The zero-order valence-corrected chi connectivity index (χ0v) is 11.0. The number of carbonyl (C=O) groups is 2. The number of nitro benzene ring substituents is 1. The van der Waals surface area contributed by atoms with Crippen LogP contribution in [0.5, 0.6) is 0 Å². The lowest BCUT2D eigenvalue weighted by Crippen LogP contribution is -2.24. The third-order valence-corrected chi connectivity index (χ3v) is 3.28. The van der Waals surface area contributed by atoms with Gasteiger partial charge in [0, 0.05) is 30.3 Å². The van der Waals surface area contributed by atoms with Crippen molar-refractivity contribution in [3.8, 4) is 0 Å². The molecule has 2 rings (SSSR count). The van der Waals surface area contributed by atoms with Gasteiger partial charge in [-0.1, -0.05) is 13.0 Å². The largest absolute Gasteiger partial charge is 0.355 e. The van der Waals surface area contributed by atoms with Crippen LogP contribution in [0.2, 0.25) is 0 Å². The zero-order chi connectivity index (χ0) is 14.7. The number of amides is 2. The fraction of sp³-hybridized carbons (Fsp3) is 0.385. The van der Waals surface area contributed by atoms with Gasteiger partial charge in [-0.2, -0.15) is 0 Å². The van der Waals surface area contributed by atoms with Gasteiger partial charge in [-0.15, -0.1) is 0 Å². The first kappa shape index (κ1) is 14.0. The SMILES string of the molecule is CCc1ccc(NC(=O)C2CNC(=O)C2)cc1[N+](=O)[O-]. The Hall–Kier alpha value is -2.44. The van der Waals surface area contributed by atoms with E-state index in [1.54, 1.807) is 12.1 Å². The smallest absolute Gasteiger partial charge is 0.274 e. The number of carbonyl (C=O) groups excluding carboxylic acids is 2. The van der Waals surface area contributed by atoms with Gasteiger partial charge in [0.15, 0.2) is 0 Å². The van der Waals surface area contributed by atoms with E-state index in [1.165, 1.54) is 6.07 Å². The van der Waals surface area contributed by atoms with Gasteiger partial charge in [0.1, 0.15) is 0 Å². The zero-order valence-electron chi connectivity index (χ0n) is 11.0. The van der Waals surface area contributed by atoms with Crippen LogP contribution in [-0.2, 0) is 16.0 Å². The Balaban J connectivity index is 2.13. The number of rotatable bonds is 4. The van der Waals surface area contributed by atoms with Gasteiger partial charge in [0.05, 0.1) is 10.8 Å². The molecule has 7 nitrogen and oxygen atoms in total. The fourth-order valence-electron chi connectivity index (χ4n) is 2.15. The first-order valence-electron chi connectivity index (χ1n) is 6.36. The third kappa shape index (κ3) is 2.93. The highest BCUT2D eigenvalue weighted by atomic mass is 16.6. The van der Waals surface area contributed by atoms with Crippen LogP contribution in [-0.4, -0.2) is 23.3 Å². The molecule has 1 aromatic rings. The number of benzene rings is 1. The van der Waals surface area contributed by atoms with E-state index in [4.69, 9.17) is 0 Å². The number of aryl methyl sites for hydroxylation is 1. The first-order valence-corrected chi connectivity index (χ1v) is 6.36. The molecular formula is C13H15N3O4. The molecule has 1 atom stereocenters. The van der Waals surface area contributed by atoms with Crippen molar-refractivity contribution in [2.45, 2.75) is 19.8 Å². The van der Waals surface area contributed by atoms with Crippen molar-refractivity contribution >= 4 is 23.2 Å². The molecule has 2 amide bonds. The molecule has 1 saturated heterocycles. The van der Waals surface area contributed by atoms with Crippen LogP contribution in [0.4, 0.5) is 11.4 Å². The van der Waals surface area contributed by atoms with Gasteiger partial charge in [-0.3, -0.25) is 19.7 Å². The van der Waals surface area contributed by atoms with Crippen molar-refractivity contribution in [3.63, 3.8) is 0 Å². The molecule has 0 saturated carbocycles. The lowest BCUT2D eigenvalue weighted by Gasteiger charge is -2.10. The van der Waals surface area contributed by atoms with Crippen LogP contribution in [0, 0.1) is 16.0 Å². The minimum Gasteiger partial charge on any atom is -0.355 e. The number of anilines is 1.